The van der Waals surface area contributed by atoms with E-state index in [1.54, 1.807) is 0 Å². The summed E-state index contributed by atoms with van der Waals surface area (Å²) in [5.74, 6) is 0. The largest absolute Gasteiger partial charge is 0.309 e. The molecule has 0 unspecified atom stereocenters. The minimum atomic E-state index is 1.09. The fourth-order valence-electron chi connectivity index (χ4n) is 0.599. The highest BCUT2D eigenvalue weighted by atomic mass is 15.3. The average Bonchev–Trinajstić information content (AvgIpc) is 1.90. The second kappa shape index (κ2) is 2.40. The molecule has 0 aromatic carbocycles. The first-order chi connectivity index (χ1) is 3.93. The van der Waals surface area contributed by atoms with Gasteiger partial charge in [-0.05, 0) is 18.1 Å². The molecule has 0 saturated heterocycles. The van der Waals surface area contributed by atoms with Crippen LogP contribution >= 0.6 is 0 Å². The van der Waals surface area contributed by atoms with Gasteiger partial charge in [-0.1, -0.05) is 6.92 Å². The number of rotatable bonds is 1. The first-order valence-corrected chi connectivity index (χ1v) is 2.80. The Bertz CT molecular complexity index is 124. The highest BCUT2D eigenvalue weighted by molar-refractivity contribution is 5.18. The summed E-state index contributed by atoms with van der Waals surface area (Å²) in [5.41, 5.74) is 7.05. The van der Waals surface area contributed by atoms with Crippen molar-refractivity contribution in [1.29, 1.82) is 0 Å². The molecule has 0 amide bonds. The van der Waals surface area contributed by atoms with E-state index in [1.165, 1.54) is 5.57 Å². The molecule has 1 aliphatic heterocycles. The van der Waals surface area contributed by atoms with Crippen LogP contribution in [0.3, 0.4) is 0 Å². The van der Waals surface area contributed by atoms with Gasteiger partial charge in [-0.15, -0.1) is 0 Å². The van der Waals surface area contributed by atoms with Gasteiger partial charge in [-0.2, -0.15) is 0 Å². The standard InChI is InChI=1S/C6H10N2/c1-2-6-3-4-7-8-5-6/h3-5,7-8H,2H2,1H3. The summed E-state index contributed by atoms with van der Waals surface area (Å²) in [6.45, 7) is 2.13. The molecular weight excluding hydrogens is 100 g/mol. The minimum Gasteiger partial charge on any atom is -0.309 e. The van der Waals surface area contributed by atoms with E-state index in [0.29, 0.717) is 0 Å². The monoisotopic (exact) mass is 110 g/mol. The van der Waals surface area contributed by atoms with Crippen LogP contribution in [-0.2, 0) is 0 Å². The van der Waals surface area contributed by atoms with Crippen LogP contribution in [0.2, 0.25) is 0 Å². The lowest BCUT2D eigenvalue weighted by molar-refractivity contribution is 0.752. The Morgan fingerprint density at radius 1 is 1.50 bits per heavy atom. The zero-order chi connectivity index (χ0) is 5.82. The number of hydrogen-bond acceptors (Lipinski definition) is 2. The Balaban J connectivity index is 2.51. The summed E-state index contributed by atoms with van der Waals surface area (Å²) in [6, 6.07) is 0. The molecule has 0 radical (unpaired) electrons. The van der Waals surface area contributed by atoms with Crippen molar-refractivity contribution in [1.82, 2.24) is 10.9 Å². The minimum absolute atomic E-state index is 1.09. The van der Waals surface area contributed by atoms with Crippen molar-refractivity contribution >= 4 is 0 Å². The lowest BCUT2D eigenvalue weighted by atomic mass is 10.2. The second-order valence-electron chi connectivity index (χ2n) is 1.69. The summed E-state index contributed by atoms with van der Waals surface area (Å²) in [7, 11) is 0. The molecule has 1 heterocycles. The third-order valence-electron chi connectivity index (χ3n) is 1.13. The Morgan fingerprint density at radius 2 is 2.38 bits per heavy atom. The zero-order valence-electron chi connectivity index (χ0n) is 4.94. The Morgan fingerprint density at radius 3 is 2.75 bits per heavy atom. The molecule has 1 rings (SSSR count). The molecule has 0 aliphatic carbocycles. The van der Waals surface area contributed by atoms with E-state index in [9.17, 15) is 0 Å². The molecule has 0 aromatic rings. The van der Waals surface area contributed by atoms with Gasteiger partial charge in [0.1, 0.15) is 0 Å². The van der Waals surface area contributed by atoms with E-state index < -0.39 is 0 Å². The fraction of sp³-hybridized carbons (Fsp3) is 0.333. The molecule has 0 fully saturated rings. The predicted molar refractivity (Wildman–Crippen MR) is 33.8 cm³/mol. The highest BCUT2D eigenvalue weighted by Crippen LogP contribution is 2.00. The topological polar surface area (TPSA) is 24.1 Å². The van der Waals surface area contributed by atoms with Gasteiger partial charge in [0, 0.05) is 12.4 Å². The molecule has 8 heavy (non-hydrogen) atoms. The summed E-state index contributed by atoms with van der Waals surface area (Å²) in [6.07, 6.45) is 6.99. The van der Waals surface area contributed by atoms with Crippen LogP contribution in [0.1, 0.15) is 13.3 Å². The number of allylic oxidation sites excluding steroid dienone is 2. The van der Waals surface area contributed by atoms with Crippen molar-refractivity contribution in [2.75, 3.05) is 0 Å². The fourth-order valence-corrected chi connectivity index (χ4v) is 0.599. The third kappa shape index (κ3) is 1.03. The summed E-state index contributed by atoms with van der Waals surface area (Å²) in [5, 5.41) is 0. The smallest absolute Gasteiger partial charge is 0.0210 e. The van der Waals surface area contributed by atoms with Gasteiger partial charge < -0.3 is 10.9 Å². The average molecular weight is 110 g/mol. The maximum absolute atomic E-state index is 2.89. The molecule has 2 nitrogen and oxygen atoms in total. The van der Waals surface area contributed by atoms with Crippen molar-refractivity contribution < 1.29 is 0 Å². The van der Waals surface area contributed by atoms with Gasteiger partial charge in [-0.25, -0.2) is 0 Å². The summed E-state index contributed by atoms with van der Waals surface area (Å²) < 4.78 is 0. The van der Waals surface area contributed by atoms with E-state index in [0.717, 1.165) is 6.42 Å². The van der Waals surface area contributed by atoms with Crippen LogP contribution in [0.25, 0.3) is 0 Å². The molecule has 0 spiro atoms. The Labute approximate surface area is 49.2 Å². The number of hydrazine groups is 1. The van der Waals surface area contributed by atoms with Gasteiger partial charge in [0.25, 0.3) is 0 Å². The van der Waals surface area contributed by atoms with Crippen LogP contribution in [0, 0.1) is 0 Å². The quantitative estimate of drug-likeness (QED) is 0.524. The van der Waals surface area contributed by atoms with Gasteiger partial charge in [0.15, 0.2) is 0 Å². The Hall–Kier alpha value is -0.920. The second-order valence-corrected chi connectivity index (χ2v) is 1.69. The van der Waals surface area contributed by atoms with Crippen LogP contribution in [0.5, 0.6) is 0 Å². The van der Waals surface area contributed by atoms with Crippen molar-refractivity contribution in [3.05, 3.63) is 24.0 Å². The lowest BCUT2D eigenvalue weighted by Crippen LogP contribution is -2.23. The van der Waals surface area contributed by atoms with Crippen LogP contribution in [0.4, 0.5) is 0 Å². The van der Waals surface area contributed by atoms with E-state index in [4.69, 9.17) is 0 Å². The predicted octanol–water partition coefficient (Wildman–Crippen LogP) is 0.902. The maximum atomic E-state index is 2.89. The molecule has 0 bridgehead atoms. The SMILES string of the molecule is CCC1=CNNC=C1. The normalized spacial score (nSPS) is 16.4. The van der Waals surface area contributed by atoms with Gasteiger partial charge in [-0.3, -0.25) is 0 Å². The third-order valence-corrected chi connectivity index (χ3v) is 1.13. The van der Waals surface area contributed by atoms with Crippen LogP contribution in [-0.4, -0.2) is 0 Å². The summed E-state index contributed by atoms with van der Waals surface area (Å²) >= 11 is 0. The molecule has 1 aliphatic rings. The van der Waals surface area contributed by atoms with Gasteiger partial charge >= 0.3 is 0 Å². The highest BCUT2D eigenvalue weighted by Gasteiger charge is 1.88. The Kier molecular flexibility index (Phi) is 1.57. The molecule has 0 saturated carbocycles. The van der Waals surface area contributed by atoms with E-state index in [2.05, 4.69) is 23.9 Å². The van der Waals surface area contributed by atoms with Crippen LogP contribution < -0.4 is 10.9 Å². The van der Waals surface area contributed by atoms with Crippen molar-refractivity contribution in [2.24, 2.45) is 0 Å². The maximum Gasteiger partial charge on any atom is 0.0210 e. The molecule has 0 aromatic heterocycles. The number of nitrogens with one attached hydrogen (secondary N) is 2. The van der Waals surface area contributed by atoms with Crippen molar-refractivity contribution in [3.63, 3.8) is 0 Å². The molecule has 44 valence electrons. The molecule has 0 atom stereocenters. The first-order valence-electron chi connectivity index (χ1n) is 2.80. The molecular formula is C6H10N2. The summed E-state index contributed by atoms with van der Waals surface area (Å²) in [4.78, 5) is 0. The first kappa shape index (κ1) is 5.22. The molecule has 2 N–H and O–H groups in total. The number of hydrogen-bond donors (Lipinski definition) is 2. The molecule has 2 heteroatoms. The van der Waals surface area contributed by atoms with E-state index in [-0.39, 0.29) is 0 Å². The van der Waals surface area contributed by atoms with Gasteiger partial charge in [0.2, 0.25) is 0 Å². The zero-order valence-corrected chi connectivity index (χ0v) is 4.94. The lowest BCUT2D eigenvalue weighted by Gasteiger charge is -2.06. The van der Waals surface area contributed by atoms with Crippen molar-refractivity contribution in [2.45, 2.75) is 13.3 Å². The van der Waals surface area contributed by atoms with Crippen molar-refractivity contribution in [3.8, 4) is 0 Å². The van der Waals surface area contributed by atoms with E-state index in [1.807, 2.05) is 12.4 Å². The van der Waals surface area contributed by atoms with Crippen LogP contribution in [0.15, 0.2) is 24.0 Å². The van der Waals surface area contributed by atoms with E-state index >= 15 is 0 Å². The van der Waals surface area contributed by atoms with Gasteiger partial charge in [0.05, 0.1) is 0 Å².